The van der Waals surface area contributed by atoms with E-state index in [0.717, 1.165) is 26.6 Å². The Labute approximate surface area is 202 Å². The highest BCUT2D eigenvalue weighted by molar-refractivity contribution is 7.99. The molecule has 3 aromatic rings. The lowest BCUT2D eigenvalue weighted by Crippen LogP contribution is -2.46. The summed E-state index contributed by atoms with van der Waals surface area (Å²) in [6, 6.07) is 26.2. The molecule has 1 N–H and O–H groups in total. The van der Waals surface area contributed by atoms with Crippen LogP contribution in [0.1, 0.15) is 23.6 Å². The summed E-state index contributed by atoms with van der Waals surface area (Å²) in [5.41, 5.74) is 2.94. The zero-order valence-corrected chi connectivity index (χ0v) is 19.4. The summed E-state index contributed by atoms with van der Waals surface area (Å²) in [5, 5.41) is 2.76. The van der Waals surface area contributed by atoms with E-state index in [4.69, 9.17) is 0 Å². The lowest BCUT2D eigenvalue weighted by molar-refractivity contribution is -0.131. The van der Waals surface area contributed by atoms with Crippen molar-refractivity contribution in [3.63, 3.8) is 0 Å². The third-order valence-corrected chi connectivity index (χ3v) is 7.39. The number of imide groups is 1. The molecule has 0 aromatic heterocycles. The molecule has 172 valence electrons. The van der Waals surface area contributed by atoms with Gasteiger partial charge in [0.15, 0.2) is 0 Å². The molecular weight excluding hydrogens is 446 g/mol. The lowest BCUT2D eigenvalue weighted by Gasteiger charge is -2.37. The van der Waals surface area contributed by atoms with Crippen LogP contribution in [-0.4, -0.2) is 41.1 Å². The van der Waals surface area contributed by atoms with E-state index >= 15 is 0 Å². The molecule has 0 aliphatic carbocycles. The Morgan fingerprint density at radius 1 is 0.912 bits per heavy atom. The topological polar surface area (TPSA) is 69.7 Å². The summed E-state index contributed by atoms with van der Waals surface area (Å²) in [5.74, 6) is 0.0890. The molecule has 2 aliphatic heterocycles. The fourth-order valence-corrected chi connectivity index (χ4v) is 5.68. The molecule has 7 heteroatoms. The largest absolute Gasteiger partial charge is 0.326 e. The number of aryl methyl sites for hydroxylation is 1. The van der Waals surface area contributed by atoms with Gasteiger partial charge in [-0.2, -0.15) is 0 Å². The molecule has 5 rings (SSSR count). The predicted octanol–water partition coefficient (Wildman–Crippen LogP) is 4.42. The first-order chi connectivity index (χ1) is 16.6. The van der Waals surface area contributed by atoms with Crippen molar-refractivity contribution in [2.24, 2.45) is 0 Å². The first kappa shape index (κ1) is 22.2. The monoisotopic (exact) mass is 471 g/mol. The smallest absolute Gasteiger partial charge is 0.325 e. The van der Waals surface area contributed by atoms with Gasteiger partial charge in [-0.25, -0.2) is 4.79 Å². The van der Waals surface area contributed by atoms with Crippen molar-refractivity contribution in [2.45, 2.75) is 29.8 Å². The van der Waals surface area contributed by atoms with Crippen molar-refractivity contribution in [3.05, 3.63) is 96.1 Å². The van der Waals surface area contributed by atoms with E-state index in [1.54, 1.807) is 16.7 Å². The quantitative estimate of drug-likeness (QED) is 0.541. The first-order valence-electron chi connectivity index (χ1n) is 11.4. The van der Waals surface area contributed by atoms with E-state index in [1.807, 2.05) is 84.9 Å². The standard InChI is InChI=1S/C27H25N3O3S/c31-25(17-29-26(32)21(28-27(29)33)16-15-19-9-3-1-4-10-19)30-22-13-7-8-14-24(22)34-18-23(30)20-11-5-2-6-12-20/h1-14,21,23H,15-18H2,(H,28,33)/t21-,23+/m1/s1. The van der Waals surface area contributed by atoms with Gasteiger partial charge in [0.25, 0.3) is 5.91 Å². The summed E-state index contributed by atoms with van der Waals surface area (Å²) >= 11 is 1.71. The number of rotatable bonds is 6. The van der Waals surface area contributed by atoms with Crippen molar-refractivity contribution in [3.8, 4) is 0 Å². The Hall–Kier alpha value is -3.58. The molecule has 0 unspecified atom stereocenters. The number of amides is 4. The highest BCUT2D eigenvalue weighted by Gasteiger charge is 2.41. The van der Waals surface area contributed by atoms with Gasteiger partial charge in [-0.1, -0.05) is 72.8 Å². The lowest BCUT2D eigenvalue weighted by atomic mass is 10.0. The Kier molecular flexibility index (Phi) is 6.36. The van der Waals surface area contributed by atoms with Crippen LogP contribution in [0.25, 0.3) is 0 Å². The van der Waals surface area contributed by atoms with Gasteiger partial charge in [0.05, 0.1) is 11.7 Å². The average molecular weight is 472 g/mol. The summed E-state index contributed by atoms with van der Waals surface area (Å²) in [6.45, 7) is -0.283. The second kappa shape index (κ2) is 9.73. The number of carbonyl (C=O) groups is 3. The van der Waals surface area contributed by atoms with Gasteiger partial charge >= 0.3 is 6.03 Å². The maximum absolute atomic E-state index is 13.6. The van der Waals surface area contributed by atoms with Crippen LogP contribution in [0, 0.1) is 0 Å². The molecule has 0 spiro atoms. The summed E-state index contributed by atoms with van der Waals surface area (Å²) in [4.78, 5) is 43.1. The van der Waals surface area contributed by atoms with E-state index in [9.17, 15) is 14.4 Å². The highest BCUT2D eigenvalue weighted by Crippen LogP contribution is 2.43. The Morgan fingerprint density at radius 3 is 2.35 bits per heavy atom. The number of fused-ring (bicyclic) bond motifs is 1. The summed E-state index contributed by atoms with van der Waals surface area (Å²) in [6.07, 6.45) is 1.17. The third-order valence-electron chi connectivity index (χ3n) is 6.25. The normalized spacial score (nSPS) is 19.6. The number of nitrogens with one attached hydrogen (secondary N) is 1. The van der Waals surface area contributed by atoms with Crippen molar-refractivity contribution in [2.75, 3.05) is 17.2 Å². The molecule has 2 atom stereocenters. The molecule has 6 nitrogen and oxygen atoms in total. The van der Waals surface area contributed by atoms with Gasteiger partial charge in [-0.15, -0.1) is 11.8 Å². The Morgan fingerprint density at radius 2 is 1.59 bits per heavy atom. The fourth-order valence-electron chi connectivity index (χ4n) is 4.51. The van der Waals surface area contributed by atoms with Crippen LogP contribution in [0.4, 0.5) is 10.5 Å². The van der Waals surface area contributed by atoms with Crippen molar-refractivity contribution in [1.82, 2.24) is 10.2 Å². The molecular formula is C27H25N3O3S. The zero-order valence-electron chi connectivity index (χ0n) is 18.6. The molecule has 4 amide bonds. The van der Waals surface area contributed by atoms with Crippen LogP contribution >= 0.6 is 11.8 Å². The fraction of sp³-hybridized carbons (Fsp3) is 0.222. The molecule has 1 saturated heterocycles. The molecule has 34 heavy (non-hydrogen) atoms. The maximum Gasteiger partial charge on any atom is 0.325 e. The third kappa shape index (κ3) is 4.43. The molecule has 0 saturated carbocycles. The summed E-state index contributed by atoms with van der Waals surface area (Å²) < 4.78 is 0. The van der Waals surface area contributed by atoms with Crippen molar-refractivity contribution >= 4 is 35.3 Å². The number of benzene rings is 3. The highest BCUT2D eigenvalue weighted by atomic mass is 32.2. The van der Waals surface area contributed by atoms with Gasteiger partial charge in [0.1, 0.15) is 12.6 Å². The van der Waals surface area contributed by atoms with Crippen LogP contribution in [0.2, 0.25) is 0 Å². The molecule has 2 aliphatic rings. The zero-order chi connectivity index (χ0) is 23.5. The van der Waals surface area contributed by atoms with E-state index in [2.05, 4.69) is 5.32 Å². The number of anilines is 1. The van der Waals surface area contributed by atoms with Crippen LogP contribution < -0.4 is 10.2 Å². The van der Waals surface area contributed by atoms with Gasteiger partial charge in [0, 0.05) is 10.6 Å². The average Bonchev–Trinajstić information content (AvgIpc) is 3.15. The van der Waals surface area contributed by atoms with Gasteiger partial charge in [-0.3, -0.25) is 14.5 Å². The van der Waals surface area contributed by atoms with Crippen LogP contribution in [0.5, 0.6) is 0 Å². The number of carbonyl (C=O) groups excluding carboxylic acids is 3. The van der Waals surface area contributed by atoms with E-state index in [0.29, 0.717) is 18.6 Å². The van der Waals surface area contributed by atoms with Crippen molar-refractivity contribution in [1.29, 1.82) is 0 Å². The number of urea groups is 1. The minimum Gasteiger partial charge on any atom is -0.326 e. The second-order valence-corrected chi connectivity index (χ2v) is 9.48. The number of para-hydroxylation sites is 1. The number of thioether (sulfide) groups is 1. The second-order valence-electron chi connectivity index (χ2n) is 8.42. The van der Waals surface area contributed by atoms with Crippen LogP contribution in [0.15, 0.2) is 89.8 Å². The Bertz CT molecular complexity index is 1200. The number of hydrogen-bond donors (Lipinski definition) is 1. The molecule has 0 bridgehead atoms. The van der Waals surface area contributed by atoms with Gasteiger partial charge in [0.2, 0.25) is 5.91 Å². The van der Waals surface area contributed by atoms with Gasteiger partial charge in [-0.05, 0) is 36.1 Å². The predicted molar refractivity (Wildman–Crippen MR) is 133 cm³/mol. The maximum atomic E-state index is 13.6. The van der Waals surface area contributed by atoms with Crippen LogP contribution in [0.3, 0.4) is 0 Å². The first-order valence-corrected chi connectivity index (χ1v) is 12.3. The SMILES string of the molecule is O=C1N[C@H](CCc2ccccc2)C(=O)N1CC(=O)N1c2ccccc2SC[C@H]1c1ccccc1. The number of nitrogens with zero attached hydrogens (tertiary/aromatic N) is 2. The molecule has 2 heterocycles. The van der Waals surface area contributed by atoms with Gasteiger partial charge < -0.3 is 10.2 Å². The van der Waals surface area contributed by atoms with Crippen LogP contribution in [-0.2, 0) is 16.0 Å². The Balaban J connectivity index is 1.34. The van der Waals surface area contributed by atoms with E-state index < -0.39 is 12.1 Å². The number of hydrogen-bond acceptors (Lipinski definition) is 4. The van der Waals surface area contributed by atoms with E-state index in [1.165, 1.54) is 0 Å². The molecule has 1 fully saturated rings. The molecule has 3 aromatic carbocycles. The van der Waals surface area contributed by atoms with E-state index in [-0.39, 0.29) is 24.4 Å². The minimum atomic E-state index is -0.616. The summed E-state index contributed by atoms with van der Waals surface area (Å²) in [7, 11) is 0. The van der Waals surface area contributed by atoms with Crippen molar-refractivity contribution < 1.29 is 14.4 Å². The minimum absolute atomic E-state index is 0.178. The molecule has 0 radical (unpaired) electrons.